The standard InChI is InChI=1S/C18H19F2NO2S/c1-21(12-13-6-9-17(19)18(20)10-13)24(22,23)16-8-7-14-4-2-3-5-15(14)11-16/h6-11H,2-5,12H2,1H3. The van der Waals surface area contributed by atoms with Crippen LogP contribution in [0.25, 0.3) is 0 Å². The van der Waals surface area contributed by atoms with Gasteiger partial charge in [0.15, 0.2) is 11.6 Å². The number of benzene rings is 2. The molecule has 0 unspecified atom stereocenters. The normalized spacial score (nSPS) is 14.7. The molecule has 3 rings (SSSR count). The van der Waals surface area contributed by atoms with Crippen LogP contribution >= 0.6 is 0 Å². The fourth-order valence-corrected chi connectivity index (χ4v) is 4.24. The lowest BCUT2D eigenvalue weighted by atomic mass is 9.92. The fourth-order valence-electron chi connectivity index (χ4n) is 3.03. The summed E-state index contributed by atoms with van der Waals surface area (Å²) in [5.41, 5.74) is 2.70. The number of rotatable bonds is 4. The van der Waals surface area contributed by atoms with Crippen molar-refractivity contribution >= 4 is 10.0 Å². The minimum atomic E-state index is -3.68. The quantitative estimate of drug-likeness (QED) is 0.843. The van der Waals surface area contributed by atoms with Gasteiger partial charge in [0, 0.05) is 13.6 Å². The number of hydrogen-bond acceptors (Lipinski definition) is 2. The lowest BCUT2D eigenvalue weighted by Gasteiger charge is -2.20. The molecule has 0 fully saturated rings. The molecule has 2 aromatic rings. The van der Waals surface area contributed by atoms with Gasteiger partial charge in [-0.15, -0.1) is 0 Å². The molecule has 0 atom stereocenters. The molecule has 1 aliphatic carbocycles. The third-order valence-corrected chi connectivity index (χ3v) is 6.22. The highest BCUT2D eigenvalue weighted by Crippen LogP contribution is 2.26. The maximum absolute atomic E-state index is 13.3. The van der Waals surface area contributed by atoms with Crippen molar-refractivity contribution in [2.75, 3.05) is 7.05 Å². The van der Waals surface area contributed by atoms with Crippen LogP contribution in [0.4, 0.5) is 8.78 Å². The van der Waals surface area contributed by atoms with Crippen molar-refractivity contribution in [3.05, 3.63) is 64.7 Å². The Labute approximate surface area is 141 Å². The lowest BCUT2D eigenvalue weighted by molar-refractivity contribution is 0.461. The molecule has 0 saturated heterocycles. The molecule has 0 radical (unpaired) electrons. The van der Waals surface area contributed by atoms with E-state index < -0.39 is 21.7 Å². The van der Waals surface area contributed by atoms with Crippen LogP contribution in [0.1, 0.15) is 29.5 Å². The summed E-state index contributed by atoms with van der Waals surface area (Å²) in [7, 11) is -2.24. The zero-order chi connectivity index (χ0) is 17.3. The van der Waals surface area contributed by atoms with E-state index in [1.54, 1.807) is 12.1 Å². The van der Waals surface area contributed by atoms with E-state index in [-0.39, 0.29) is 11.4 Å². The Hall–Kier alpha value is -1.79. The molecule has 0 N–H and O–H groups in total. The minimum Gasteiger partial charge on any atom is -0.207 e. The van der Waals surface area contributed by atoms with E-state index in [9.17, 15) is 17.2 Å². The van der Waals surface area contributed by atoms with Crippen LogP contribution in [-0.2, 0) is 29.4 Å². The maximum atomic E-state index is 13.3. The Morgan fingerprint density at radius 1 is 0.958 bits per heavy atom. The zero-order valence-corrected chi connectivity index (χ0v) is 14.2. The van der Waals surface area contributed by atoms with Crippen molar-refractivity contribution in [2.45, 2.75) is 37.1 Å². The Balaban J connectivity index is 1.85. The van der Waals surface area contributed by atoms with E-state index in [0.717, 1.165) is 47.7 Å². The summed E-state index contributed by atoms with van der Waals surface area (Å²) in [6.45, 7) is -0.0172. The van der Waals surface area contributed by atoms with Gasteiger partial charge in [-0.1, -0.05) is 12.1 Å². The largest absolute Gasteiger partial charge is 0.243 e. The summed E-state index contributed by atoms with van der Waals surface area (Å²) in [5.74, 6) is -1.92. The average Bonchev–Trinajstić information content (AvgIpc) is 2.57. The highest BCUT2D eigenvalue weighted by atomic mass is 32.2. The third kappa shape index (κ3) is 3.35. The molecule has 3 nitrogen and oxygen atoms in total. The van der Waals surface area contributed by atoms with Crippen molar-refractivity contribution in [1.29, 1.82) is 0 Å². The summed E-state index contributed by atoms with van der Waals surface area (Å²) >= 11 is 0. The first-order valence-electron chi connectivity index (χ1n) is 7.90. The lowest BCUT2D eigenvalue weighted by Crippen LogP contribution is -2.27. The first-order valence-corrected chi connectivity index (χ1v) is 9.34. The molecule has 6 heteroatoms. The molecular formula is C18H19F2NO2S. The summed E-state index contributed by atoms with van der Waals surface area (Å²) in [5, 5.41) is 0. The van der Waals surface area contributed by atoms with Crippen LogP contribution in [0.15, 0.2) is 41.3 Å². The van der Waals surface area contributed by atoms with E-state index in [1.165, 1.54) is 18.7 Å². The molecule has 24 heavy (non-hydrogen) atoms. The van der Waals surface area contributed by atoms with Crippen molar-refractivity contribution in [3.8, 4) is 0 Å². The number of nitrogens with zero attached hydrogens (tertiary/aromatic N) is 1. The first kappa shape index (κ1) is 17.0. The van der Waals surface area contributed by atoms with E-state index >= 15 is 0 Å². The van der Waals surface area contributed by atoms with Crippen LogP contribution in [0, 0.1) is 11.6 Å². The summed E-state index contributed by atoms with van der Waals surface area (Å²) in [6, 6.07) is 8.66. The van der Waals surface area contributed by atoms with Gasteiger partial charge >= 0.3 is 0 Å². The van der Waals surface area contributed by atoms with Crippen molar-refractivity contribution < 1.29 is 17.2 Å². The molecule has 1 aliphatic rings. The second kappa shape index (κ2) is 6.61. The van der Waals surface area contributed by atoms with Crippen LogP contribution in [0.5, 0.6) is 0 Å². The Kier molecular flexibility index (Phi) is 4.69. The molecule has 0 saturated carbocycles. The Bertz CT molecular complexity index is 865. The number of fused-ring (bicyclic) bond motifs is 1. The number of sulfonamides is 1. The maximum Gasteiger partial charge on any atom is 0.243 e. The summed E-state index contributed by atoms with van der Waals surface area (Å²) in [6.07, 6.45) is 4.09. The second-order valence-electron chi connectivity index (χ2n) is 6.15. The summed E-state index contributed by atoms with van der Waals surface area (Å²) < 4.78 is 52.9. The molecule has 2 aromatic carbocycles. The number of halogens is 2. The molecular weight excluding hydrogens is 332 g/mol. The Morgan fingerprint density at radius 3 is 2.38 bits per heavy atom. The van der Waals surface area contributed by atoms with Crippen molar-refractivity contribution in [2.24, 2.45) is 0 Å². The predicted octanol–water partition coefficient (Wildman–Crippen LogP) is 3.66. The van der Waals surface area contributed by atoms with E-state index in [2.05, 4.69) is 0 Å². The highest BCUT2D eigenvalue weighted by molar-refractivity contribution is 7.89. The average molecular weight is 351 g/mol. The fraction of sp³-hybridized carbons (Fsp3) is 0.333. The van der Waals surface area contributed by atoms with Crippen LogP contribution in [0.3, 0.4) is 0 Å². The van der Waals surface area contributed by atoms with Gasteiger partial charge in [0.1, 0.15) is 0 Å². The third-order valence-electron chi connectivity index (χ3n) is 4.42. The van der Waals surface area contributed by atoms with Gasteiger partial charge < -0.3 is 0 Å². The Morgan fingerprint density at radius 2 is 1.67 bits per heavy atom. The zero-order valence-electron chi connectivity index (χ0n) is 13.4. The van der Waals surface area contributed by atoms with E-state index in [0.29, 0.717) is 5.56 Å². The van der Waals surface area contributed by atoms with Gasteiger partial charge in [-0.2, -0.15) is 4.31 Å². The molecule has 128 valence electrons. The molecule has 0 bridgehead atoms. The van der Waals surface area contributed by atoms with Crippen LogP contribution < -0.4 is 0 Å². The minimum absolute atomic E-state index is 0.0172. The molecule has 0 aliphatic heterocycles. The van der Waals surface area contributed by atoms with Crippen molar-refractivity contribution in [1.82, 2.24) is 4.31 Å². The molecule has 0 amide bonds. The van der Waals surface area contributed by atoms with Gasteiger partial charge in [0.05, 0.1) is 4.90 Å². The predicted molar refractivity (Wildman–Crippen MR) is 88.1 cm³/mol. The molecule has 0 spiro atoms. The van der Waals surface area contributed by atoms with E-state index in [1.807, 2.05) is 6.07 Å². The van der Waals surface area contributed by atoms with Gasteiger partial charge in [-0.3, -0.25) is 0 Å². The second-order valence-corrected chi connectivity index (χ2v) is 8.19. The topological polar surface area (TPSA) is 37.4 Å². The molecule has 0 aromatic heterocycles. The van der Waals surface area contributed by atoms with Crippen LogP contribution in [0.2, 0.25) is 0 Å². The SMILES string of the molecule is CN(Cc1ccc(F)c(F)c1)S(=O)(=O)c1ccc2c(c1)CCCC2. The highest BCUT2D eigenvalue weighted by Gasteiger charge is 2.23. The monoisotopic (exact) mass is 351 g/mol. The van der Waals surface area contributed by atoms with Gasteiger partial charge in [-0.05, 0) is 66.6 Å². The van der Waals surface area contributed by atoms with Gasteiger partial charge in [0.2, 0.25) is 10.0 Å². The smallest absolute Gasteiger partial charge is 0.207 e. The van der Waals surface area contributed by atoms with Gasteiger partial charge in [0.25, 0.3) is 0 Å². The van der Waals surface area contributed by atoms with E-state index in [4.69, 9.17) is 0 Å². The number of hydrogen-bond donors (Lipinski definition) is 0. The van der Waals surface area contributed by atoms with Crippen molar-refractivity contribution in [3.63, 3.8) is 0 Å². The first-order chi connectivity index (χ1) is 11.4. The van der Waals surface area contributed by atoms with Gasteiger partial charge in [-0.25, -0.2) is 17.2 Å². The number of aryl methyl sites for hydroxylation is 2. The van der Waals surface area contributed by atoms with Crippen LogP contribution in [-0.4, -0.2) is 19.8 Å². The summed E-state index contributed by atoms with van der Waals surface area (Å²) in [4.78, 5) is 0.244. The molecule has 0 heterocycles.